The summed E-state index contributed by atoms with van der Waals surface area (Å²) in [6.45, 7) is 0.291. The lowest BCUT2D eigenvalue weighted by Gasteiger charge is -1.87. The molecule has 0 aromatic heterocycles. The molecule has 0 spiro atoms. The lowest BCUT2D eigenvalue weighted by atomic mass is 10.3. The highest BCUT2D eigenvalue weighted by Crippen LogP contribution is 1.87. The highest BCUT2D eigenvalue weighted by Gasteiger charge is 2.19. The topological polar surface area (TPSA) is 139 Å². The molecule has 12 heavy (non-hydrogen) atoms. The first-order valence-electron chi connectivity index (χ1n) is 2.68. The van der Waals surface area contributed by atoms with Crippen LogP contribution in [0.5, 0.6) is 0 Å². The van der Waals surface area contributed by atoms with Crippen LogP contribution < -0.4 is 11.2 Å². The molecule has 1 aliphatic rings. The van der Waals surface area contributed by atoms with Crippen LogP contribution in [-0.2, 0) is 20.0 Å². The van der Waals surface area contributed by atoms with Gasteiger partial charge in [0.1, 0.15) is 6.04 Å². The van der Waals surface area contributed by atoms with Gasteiger partial charge in [0, 0.05) is 0 Å². The number of hydroxylamine groups is 1. The van der Waals surface area contributed by atoms with Crippen LogP contribution in [0.1, 0.15) is 0 Å². The predicted octanol–water partition coefficient (Wildman–Crippen LogP) is -2.28. The first kappa shape index (κ1) is 11.3. The predicted molar refractivity (Wildman–Crippen MR) is 36.2 cm³/mol. The Morgan fingerprint density at radius 2 is 2.00 bits per heavy atom. The van der Waals surface area contributed by atoms with Crippen molar-refractivity contribution in [3.8, 4) is 0 Å². The van der Waals surface area contributed by atoms with E-state index in [9.17, 15) is 4.79 Å². The SMILES string of the molecule is N[C@@H]1CONC1=O.O=S(=O)(O)O. The van der Waals surface area contributed by atoms with Crippen LogP contribution in [0.25, 0.3) is 0 Å². The van der Waals surface area contributed by atoms with Gasteiger partial charge in [-0.15, -0.1) is 0 Å². The molecule has 0 aliphatic carbocycles. The van der Waals surface area contributed by atoms with Crippen molar-refractivity contribution < 1.29 is 27.2 Å². The first-order chi connectivity index (χ1) is 5.30. The van der Waals surface area contributed by atoms with Crippen LogP contribution in [0.4, 0.5) is 0 Å². The Hall–Kier alpha value is -0.740. The standard InChI is InChI=1S/C3H6N2O2.H2O4S/c4-2-1-7-5-3(2)6;1-5(2,3)4/h2H,1,4H2,(H,5,6);(H2,1,2,3,4)/t2-;/m1./s1. The van der Waals surface area contributed by atoms with E-state index in [2.05, 4.69) is 10.3 Å². The van der Waals surface area contributed by atoms with Gasteiger partial charge >= 0.3 is 10.4 Å². The van der Waals surface area contributed by atoms with E-state index in [0.717, 1.165) is 0 Å². The Labute approximate surface area is 68.2 Å². The molecule has 0 aromatic carbocycles. The van der Waals surface area contributed by atoms with E-state index >= 15 is 0 Å². The fourth-order valence-corrected chi connectivity index (χ4v) is 0.354. The summed E-state index contributed by atoms with van der Waals surface area (Å²) in [5.41, 5.74) is 7.25. The van der Waals surface area contributed by atoms with Crippen molar-refractivity contribution >= 4 is 16.3 Å². The normalized spacial score (nSPS) is 22.6. The van der Waals surface area contributed by atoms with E-state index in [1.54, 1.807) is 0 Å². The van der Waals surface area contributed by atoms with Crippen molar-refractivity contribution in [2.75, 3.05) is 6.61 Å². The Morgan fingerprint density at radius 3 is 2.08 bits per heavy atom. The first-order valence-corrected chi connectivity index (χ1v) is 4.07. The van der Waals surface area contributed by atoms with E-state index in [4.69, 9.17) is 23.3 Å². The highest BCUT2D eigenvalue weighted by atomic mass is 32.3. The van der Waals surface area contributed by atoms with Crippen LogP contribution in [0.3, 0.4) is 0 Å². The minimum absolute atomic E-state index is 0.236. The zero-order valence-corrected chi connectivity index (χ0v) is 6.61. The summed E-state index contributed by atoms with van der Waals surface area (Å²) >= 11 is 0. The number of hydrogen-bond acceptors (Lipinski definition) is 5. The van der Waals surface area contributed by atoms with Gasteiger partial charge in [0.2, 0.25) is 0 Å². The summed E-state index contributed by atoms with van der Waals surface area (Å²) in [5.74, 6) is -0.236. The zero-order chi connectivity index (χ0) is 9.78. The maximum Gasteiger partial charge on any atom is 0.394 e. The highest BCUT2D eigenvalue weighted by molar-refractivity contribution is 7.79. The Balaban J connectivity index is 0.000000217. The van der Waals surface area contributed by atoms with Gasteiger partial charge in [-0.1, -0.05) is 0 Å². The molecule has 1 saturated heterocycles. The monoisotopic (exact) mass is 200 g/mol. The summed E-state index contributed by atoms with van der Waals surface area (Å²) in [5, 5.41) is 0. The number of nitrogens with one attached hydrogen (secondary N) is 1. The van der Waals surface area contributed by atoms with Gasteiger partial charge in [0.05, 0.1) is 6.61 Å². The second-order valence-electron chi connectivity index (χ2n) is 1.83. The Morgan fingerprint density at radius 1 is 1.58 bits per heavy atom. The van der Waals surface area contributed by atoms with Crippen molar-refractivity contribution in [1.29, 1.82) is 0 Å². The molecule has 72 valence electrons. The number of amides is 1. The molecule has 5 N–H and O–H groups in total. The van der Waals surface area contributed by atoms with Crippen LogP contribution in [0.15, 0.2) is 0 Å². The molecular weight excluding hydrogens is 192 g/mol. The second kappa shape index (κ2) is 4.33. The number of nitrogens with two attached hydrogens (primary N) is 1. The molecular formula is C3H8N2O6S. The minimum atomic E-state index is -4.67. The van der Waals surface area contributed by atoms with Crippen LogP contribution >= 0.6 is 0 Å². The number of hydrogen-bond donors (Lipinski definition) is 4. The Kier molecular flexibility index (Phi) is 4.06. The molecule has 0 bridgehead atoms. The van der Waals surface area contributed by atoms with Crippen molar-refractivity contribution in [1.82, 2.24) is 5.48 Å². The Bertz CT molecular complexity index is 240. The molecule has 1 amide bonds. The summed E-state index contributed by atoms with van der Waals surface area (Å²) in [7, 11) is -4.67. The van der Waals surface area contributed by atoms with E-state index in [1.165, 1.54) is 0 Å². The fourth-order valence-electron chi connectivity index (χ4n) is 0.354. The lowest BCUT2D eigenvalue weighted by Crippen LogP contribution is -2.31. The molecule has 1 heterocycles. The average Bonchev–Trinajstić information content (AvgIpc) is 2.12. The maximum atomic E-state index is 10.2. The molecule has 0 unspecified atom stereocenters. The van der Waals surface area contributed by atoms with E-state index in [1.807, 2.05) is 0 Å². The van der Waals surface area contributed by atoms with E-state index in [-0.39, 0.29) is 5.91 Å². The van der Waals surface area contributed by atoms with Crippen LogP contribution in [0, 0.1) is 0 Å². The zero-order valence-electron chi connectivity index (χ0n) is 5.80. The van der Waals surface area contributed by atoms with E-state index in [0.29, 0.717) is 6.61 Å². The van der Waals surface area contributed by atoms with Gasteiger partial charge in [0.15, 0.2) is 0 Å². The van der Waals surface area contributed by atoms with Gasteiger partial charge in [-0.25, -0.2) is 5.48 Å². The quantitative estimate of drug-likeness (QED) is 0.323. The van der Waals surface area contributed by atoms with Crippen LogP contribution in [0.2, 0.25) is 0 Å². The summed E-state index contributed by atoms with van der Waals surface area (Å²) in [6.07, 6.45) is 0. The molecule has 9 heteroatoms. The van der Waals surface area contributed by atoms with E-state index < -0.39 is 16.4 Å². The van der Waals surface area contributed by atoms with Gasteiger partial charge in [-0.05, 0) is 0 Å². The third-order valence-corrected chi connectivity index (χ3v) is 0.772. The molecule has 8 nitrogen and oxygen atoms in total. The number of rotatable bonds is 0. The van der Waals surface area contributed by atoms with Crippen molar-refractivity contribution in [3.63, 3.8) is 0 Å². The molecule has 0 aromatic rings. The van der Waals surface area contributed by atoms with Crippen molar-refractivity contribution in [2.45, 2.75) is 6.04 Å². The van der Waals surface area contributed by atoms with Gasteiger partial charge in [0.25, 0.3) is 5.91 Å². The number of carbonyl (C=O) groups is 1. The summed E-state index contributed by atoms with van der Waals surface area (Å²) in [4.78, 5) is 14.7. The fraction of sp³-hybridized carbons (Fsp3) is 0.667. The molecule has 0 saturated carbocycles. The van der Waals surface area contributed by atoms with Crippen LogP contribution in [-0.4, -0.2) is 36.1 Å². The molecule has 0 radical (unpaired) electrons. The minimum Gasteiger partial charge on any atom is -0.318 e. The van der Waals surface area contributed by atoms with Crippen molar-refractivity contribution in [3.05, 3.63) is 0 Å². The van der Waals surface area contributed by atoms with Gasteiger partial charge < -0.3 is 5.73 Å². The third-order valence-electron chi connectivity index (χ3n) is 0.772. The maximum absolute atomic E-state index is 10.2. The number of carbonyl (C=O) groups excluding carboxylic acids is 1. The molecule has 1 rings (SSSR count). The molecule has 1 atom stereocenters. The van der Waals surface area contributed by atoms with Gasteiger partial charge in [-0.3, -0.25) is 18.7 Å². The second-order valence-corrected chi connectivity index (χ2v) is 2.73. The van der Waals surface area contributed by atoms with Gasteiger partial charge in [-0.2, -0.15) is 8.42 Å². The molecule has 1 fully saturated rings. The third kappa shape index (κ3) is 7.37. The lowest BCUT2D eigenvalue weighted by molar-refractivity contribution is -0.124. The summed E-state index contributed by atoms with van der Waals surface area (Å²) in [6, 6.07) is -0.458. The smallest absolute Gasteiger partial charge is 0.318 e. The van der Waals surface area contributed by atoms with Crippen molar-refractivity contribution in [2.24, 2.45) is 5.73 Å². The summed E-state index contributed by atoms with van der Waals surface area (Å²) < 4.78 is 31.6. The molecule has 1 aliphatic heterocycles. The average molecular weight is 200 g/mol. The largest absolute Gasteiger partial charge is 0.394 e.